The first kappa shape index (κ1) is 27.6. The van der Waals surface area contributed by atoms with Crippen molar-refractivity contribution in [2.24, 2.45) is 5.16 Å². The van der Waals surface area contributed by atoms with Crippen LogP contribution < -0.4 is 4.74 Å². The molecule has 1 aromatic carbocycles. The predicted molar refractivity (Wildman–Crippen MR) is 134 cm³/mol. The molecule has 0 saturated carbocycles. The molecule has 1 atom stereocenters. The summed E-state index contributed by atoms with van der Waals surface area (Å²) < 4.78 is 41.4. The summed E-state index contributed by atoms with van der Waals surface area (Å²) in [5.74, 6) is -0.0624. The van der Waals surface area contributed by atoms with Crippen molar-refractivity contribution in [2.75, 3.05) is 32.7 Å². The summed E-state index contributed by atoms with van der Waals surface area (Å²) in [7, 11) is 0. The Hall–Kier alpha value is -3.41. The monoisotopic (exact) mass is 534 g/mol. The maximum absolute atomic E-state index is 13.2. The van der Waals surface area contributed by atoms with Crippen LogP contribution in [0.5, 0.6) is 5.75 Å². The second kappa shape index (κ2) is 10.8. The van der Waals surface area contributed by atoms with Gasteiger partial charge < -0.3 is 19.7 Å². The normalized spacial score (nSPS) is 20.9. The van der Waals surface area contributed by atoms with Crippen LogP contribution in [0.3, 0.4) is 0 Å². The smallest absolute Gasteiger partial charge is 0.409 e. The maximum Gasteiger partial charge on any atom is 0.573 e. The summed E-state index contributed by atoms with van der Waals surface area (Å²) in [4.78, 5) is 27.8. The van der Waals surface area contributed by atoms with Crippen molar-refractivity contribution >= 4 is 11.7 Å². The minimum Gasteiger partial charge on any atom is -0.409 e. The van der Waals surface area contributed by atoms with E-state index in [9.17, 15) is 23.2 Å². The number of rotatable bonds is 4. The van der Waals surface area contributed by atoms with Crippen LogP contribution in [0.15, 0.2) is 35.7 Å². The molecule has 1 N–H and O–H groups in total. The van der Waals surface area contributed by atoms with Gasteiger partial charge in [-0.25, -0.2) is 9.97 Å². The summed E-state index contributed by atoms with van der Waals surface area (Å²) in [5, 5.41) is 13.2. The molecular weight excluding hydrogens is 501 g/mol. The van der Waals surface area contributed by atoms with Crippen LogP contribution in [0.2, 0.25) is 0 Å². The quantitative estimate of drug-likeness (QED) is 0.276. The Morgan fingerprint density at radius 3 is 2.21 bits per heavy atom. The van der Waals surface area contributed by atoms with Gasteiger partial charge in [0.25, 0.3) is 5.91 Å². The first-order valence-electron chi connectivity index (χ1n) is 12.6. The standard InChI is InChI=1S/C26H33F3N6O3/c1-17-15-34(13-14-35(17)23(32-37)20-5-7-21(8-6-20)38-26(27,28)29)25(4)9-11-33(12-10-25)24(36)22-18(2)30-16-31-19(22)3/h5-8,16-17,37H,9-15H2,1-4H3/b32-23+/t17-/m0/s1. The molecule has 0 bridgehead atoms. The molecule has 206 valence electrons. The summed E-state index contributed by atoms with van der Waals surface area (Å²) >= 11 is 0. The van der Waals surface area contributed by atoms with Crippen molar-refractivity contribution in [1.29, 1.82) is 0 Å². The van der Waals surface area contributed by atoms with Gasteiger partial charge in [0.05, 0.1) is 17.0 Å². The number of benzene rings is 1. The van der Waals surface area contributed by atoms with E-state index in [-0.39, 0.29) is 23.2 Å². The van der Waals surface area contributed by atoms with Gasteiger partial charge in [-0.05, 0) is 64.8 Å². The molecule has 2 fully saturated rings. The number of likely N-dealkylation sites (tertiary alicyclic amines) is 1. The van der Waals surface area contributed by atoms with Crippen LogP contribution >= 0.6 is 0 Å². The molecule has 2 aromatic rings. The molecule has 2 aliphatic heterocycles. The van der Waals surface area contributed by atoms with Gasteiger partial charge in [-0.2, -0.15) is 0 Å². The lowest BCUT2D eigenvalue weighted by Gasteiger charge is -2.52. The van der Waals surface area contributed by atoms with Crippen LogP contribution in [0, 0.1) is 13.8 Å². The molecule has 0 radical (unpaired) electrons. The number of alkyl halides is 3. The highest BCUT2D eigenvalue weighted by molar-refractivity contribution is 5.98. The predicted octanol–water partition coefficient (Wildman–Crippen LogP) is 3.83. The average molecular weight is 535 g/mol. The SMILES string of the molecule is Cc1ncnc(C)c1C(=O)N1CCC(C)(N2CCN(/C(=N/O)c3ccc(OC(F)(F)F)cc3)[C@@H](C)C2)CC1. The maximum atomic E-state index is 13.2. The number of hydrogen-bond acceptors (Lipinski definition) is 7. The summed E-state index contributed by atoms with van der Waals surface area (Å²) in [6.45, 7) is 11.2. The molecule has 12 heteroatoms. The van der Waals surface area contributed by atoms with E-state index in [1.165, 1.54) is 30.6 Å². The van der Waals surface area contributed by atoms with Gasteiger partial charge in [0.1, 0.15) is 12.1 Å². The van der Waals surface area contributed by atoms with Gasteiger partial charge in [0.15, 0.2) is 5.84 Å². The average Bonchev–Trinajstić information content (AvgIpc) is 2.85. The Morgan fingerprint density at radius 1 is 1.08 bits per heavy atom. The lowest BCUT2D eigenvalue weighted by atomic mass is 9.86. The summed E-state index contributed by atoms with van der Waals surface area (Å²) in [6, 6.07) is 5.30. The van der Waals surface area contributed by atoms with E-state index in [2.05, 4.69) is 31.7 Å². The number of halogens is 3. The number of aromatic nitrogens is 2. The zero-order valence-electron chi connectivity index (χ0n) is 22.0. The van der Waals surface area contributed by atoms with Crippen LogP contribution in [-0.4, -0.2) is 92.3 Å². The van der Waals surface area contributed by atoms with Gasteiger partial charge >= 0.3 is 6.36 Å². The highest BCUT2D eigenvalue weighted by Crippen LogP contribution is 2.32. The number of amidine groups is 1. The van der Waals surface area contributed by atoms with Crippen LogP contribution in [0.4, 0.5) is 13.2 Å². The molecule has 0 spiro atoms. The second-order valence-electron chi connectivity index (χ2n) is 10.2. The van der Waals surface area contributed by atoms with E-state index < -0.39 is 6.36 Å². The van der Waals surface area contributed by atoms with E-state index in [4.69, 9.17) is 0 Å². The summed E-state index contributed by atoms with van der Waals surface area (Å²) in [5.41, 5.74) is 2.35. The lowest BCUT2D eigenvalue weighted by molar-refractivity contribution is -0.274. The second-order valence-corrected chi connectivity index (χ2v) is 10.2. The number of carbonyl (C=O) groups excluding carboxylic acids is 1. The number of hydrogen-bond donors (Lipinski definition) is 1. The van der Waals surface area contributed by atoms with Crippen molar-refractivity contribution in [3.05, 3.63) is 53.1 Å². The number of ether oxygens (including phenoxy) is 1. The third kappa shape index (κ3) is 5.85. The molecular formula is C26H33F3N6O3. The number of nitrogens with zero attached hydrogens (tertiary/aromatic N) is 6. The fraction of sp³-hybridized carbons (Fsp3) is 0.538. The van der Waals surface area contributed by atoms with Crippen molar-refractivity contribution in [3.63, 3.8) is 0 Å². The van der Waals surface area contributed by atoms with Crippen LogP contribution in [0.25, 0.3) is 0 Å². The number of aryl methyl sites for hydroxylation is 2. The van der Waals surface area contributed by atoms with Crippen LogP contribution in [0.1, 0.15) is 54.0 Å². The fourth-order valence-electron chi connectivity index (χ4n) is 5.42. The van der Waals surface area contributed by atoms with Crippen molar-refractivity contribution < 1.29 is 27.9 Å². The third-order valence-corrected chi connectivity index (χ3v) is 7.67. The molecule has 9 nitrogen and oxygen atoms in total. The van der Waals surface area contributed by atoms with Crippen LogP contribution in [-0.2, 0) is 0 Å². The molecule has 38 heavy (non-hydrogen) atoms. The van der Waals surface area contributed by atoms with Gasteiger partial charge in [-0.3, -0.25) is 9.69 Å². The van der Waals surface area contributed by atoms with Crippen molar-refractivity contribution in [1.82, 2.24) is 24.7 Å². The van der Waals surface area contributed by atoms with Crippen molar-refractivity contribution in [3.8, 4) is 5.75 Å². The van der Waals surface area contributed by atoms with E-state index >= 15 is 0 Å². The molecule has 0 aliphatic carbocycles. The highest BCUT2D eigenvalue weighted by Gasteiger charge is 2.41. The molecule has 2 saturated heterocycles. The van der Waals surface area contributed by atoms with E-state index in [1.807, 2.05) is 30.6 Å². The first-order chi connectivity index (χ1) is 17.9. The number of amides is 1. The Kier molecular flexibility index (Phi) is 7.82. The molecule has 3 heterocycles. The number of carbonyl (C=O) groups is 1. The molecule has 2 aliphatic rings. The zero-order valence-corrected chi connectivity index (χ0v) is 22.0. The molecule has 1 aromatic heterocycles. The van der Waals surface area contributed by atoms with Gasteiger partial charge in [0, 0.05) is 49.9 Å². The topological polar surface area (TPSA) is 94.4 Å². The number of piperazine rings is 1. The van der Waals surface area contributed by atoms with E-state index in [0.717, 1.165) is 12.8 Å². The summed E-state index contributed by atoms with van der Waals surface area (Å²) in [6.07, 6.45) is -1.66. The lowest BCUT2D eigenvalue weighted by Crippen LogP contribution is -2.62. The Balaban J connectivity index is 1.38. The Morgan fingerprint density at radius 2 is 1.68 bits per heavy atom. The first-order valence-corrected chi connectivity index (χ1v) is 12.6. The van der Waals surface area contributed by atoms with Gasteiger partial charge in [-0.1, -0.05) is 5.16 Å². The Bertz CT molecular complexity index is 1160. The zero-order chi connectivity index (χ0) is 27.7. The van der Waals surface area contributed by atoms with Gasteiger partial charge in [0.2, 0.25) is 0 Å². The molecule has 0 unspecified atom stereocenters. The largest absolute Gasteiger partial charge is 0.573 e. The number of oxime groups is 1. The fourth-order valence-corrected chi connectivity index (χ4v) is 5.42. The highest BCUT2D eigenvalue weighted by atomic mass is 19.4. The molecule has 1 amide bonds. The third-order valence-electron chi connectivity index (χ3n) is 7.67. The minimum absolute atomic E-state index is 0.0102. The van der Waals surface area contributed by atoms with Crippen molar-refractivity contribution in [2.45, 2.75) is 58.5 Å². The number of piperidine rings is 1. The minimum atomic E-state index is -4.77. The van der Waals surface area contributed by atoms with E-state index in [0.29, 0.717) is 61.1 Å². The Labute approximate surface area is 219 Å². The van der Waals surface area contributed by atoms with E-state index in [1.54, 1.807) is 0 Å². The van der Waals surface area contributed by atoms with Gasteiger partial charge in [-0.15, -0.1) is 13.2 Å². The molecule has 4 rings (SSSR count).